The number of benzene rings is 3. The first-order valence-electron chi connectivity index (χ1n) is 10.9. The van der Waals surface area contributed by atoms with Crippen molar-refractivity contribution in [3.8, 4) is 22.8 Å². The van der Waals surface area contributed by atoms with Gasteiger partial charge in [-0.15, -0.1) is 0 Å². The number of fused-ring (bicyclic) bond motifs is 1. The van der Waals surface area contributed by atoms with Crippen molar-refractivity contribution >= 4 is 43.4 Å². The zero-order chi connectivity index (χ0) is 26.0. The Morgan fingerprint density at radius 1 is 0.946 bits per heavy atom. The van der Waals surface area contributed by atoms with Crippen LogP contribution in [-0.4, -0.2) is 21.5 Å². The van der Waals surface area contributed by atoms with Gasteiger partial charge in [-0.05, 0) is 59.5 Å². The fraction of sp³-hybridized carbons (Fsp3) is 0.115. The van der Waals surface area contributed by atoms with Crippen LogP contribution in [0.15, 0.2) is 83.7 Å². The van der Waals surface area contributed by atoms with Crippen LogP contribution in [-0.2, 0) is 12.7 Å². The van der Waals surface area contributed by atoms with Crippen molar-refractivity contribution in [2.75, 3.05) is 12.2 Å². The number of hydroxylamine groups is 1. The standard InChI is InChI=1S/C26H18BrF3N4O2S/c1-35-19-5-2-16(3-6-19)14-34(25-32-15-33-37-25)36-20-7-9-21-17(12-20)10-11-31-24(21)22-8-4-18(13-23(22)27)26(28,29)30/h2-13,15H,14H2,1H3. The molecule has 37 heavy (non-hydrogen) atoms. The van der Waals surface area contributed by atoms with Crippen LogP contribution in [0.3, 0.4) is 0 Å². The van der Waals surface area contributed by atoms with Gasteiger partial charge in [0.25, 0.3) is 0 Å². The van der Waals surface area contributed by atoms with Crippen molar-refractivity contribution in [1.82, 2.24) is 14.3 Å². The molecule has 0 aliphatic rings. The highest BCUT2D eigenvalue weighted by Crippen LogP contribution is 2.38. The predicted molar refractivity (Wildman–Crippen MR) is 140 cm³/mol. The summed E-state index contributed by atoms with van der Waals surface area (Å²) < 4.78 is 49.0. The maximum atomic E-state index is 13.1. The molecule has 0 unspecified atom stereocenters. The topological polar surface area (TPSA) is 60.4 Å². The molecule has 0 aliphatic heterocycles. The SMILES string of the molecule is COc1ccc(CN(Oc2ccc3c(-c4ccc(C(F)(F)F)cc4Br)nccc3c2)c2ncns2)cc1. The zero-order valence-electron chi connectivity index (χ0n) is 19.2. The smallest absolute Gasteiger partial charge is 0.416 e. The highest BCUT2D eigenvalue weighted by atomic mass is 79.9. The number of hydrogen-bond acceptors (Lipinski definition) is 7. The third-order valence-corrected chi connectivity index (χ3v) is 6.88. The van der Waals surface area contributed by atoms with Crippen molar-refractivity contribution in [3.63, 3.8) is 0 Å². The van der Waals surface area contributed by atoms with Crippen LogP contribution in [0.4, 0.5) is 18.3 Å². The van der Waals surface area contributed by atoms with Crippen LogP contribution in [0.5, 0.6) is 11.5 Å². The normalized spacial score (nSPS) is 11.5. The molecule has 0 bridgehead atoms. The van der Waals surface area contributed by atoms with Crippen LogP contribution in [0, 0.1) is 0 Å². The summed E-state index contributed by atoms with van der Waals surface area (Å²) in [6.07, 6.45) is -1.35. The van der Waals surface area contributed by atoms with E-state index in [1.807, 2.05) is 42.5 Å². The molecule has 6 nitrogen and oxygen atoms in total. The first-order chi connectivity index (χ1) is 17.8. The molecule has 0 amide bonds. The Kier molecular flexibility index (Phi) is 6.98. The first kappa shape index (κ1) is 25.0. The molecule has 0 atom stereocenters. The van der Waals surface area contributed by atoms with E-state index in [-0.39, 0.29) is 0 Å². The Balaban J connectivity index is 1.45. The van der Waals surface area contributed by atoms with E-state index >= 15 is 0 Å². The third-order valence-electron chi connectivity index (χ3n) is 5.55. The van der Waals surface area contributed by atoms with Crippen LogP contribution in [0.2, 0.25) is 0 Å². The van der Waals surface area contributed by atoms with Gasteiger partial charge in [0.2, 0.25) is 5.13 Å². The van der Waals surface area contributed by atoms with Crippen molar-refractivity contribution in [1.29, 1.82) is 0 Å². The molecule has 0 aliphatic carbocycles. The molecule has 5 rings (SSSR count). The number of rotatable bonds is 7. The van der Waals surface area contributed by atoms with Crippen molar-refractivity contribution < 1.29 is 22.7 Å². The van der Waals surface area contributed by atoms with Crippen LogP contribution in [0.1, 0.15) is 11.1 Å². The Hall–Kier alpha value is -3.70. The summed E-state index contributed by atoms with van der Waals surface area (Å²) in [7, 11) is 1.61. The Labute approximate surface area is 222 Å². The van der Waals surface area contributed by atoms with Gasteiger partial charge in [0.15, 0.2) is 5.75 Å². The predicted octanol–water partition coefficient (Wildman–Crippen LogP) is 7.54. The van der Waals surface area contributed by atoms with Gasteiger partial charge >= 0.3 is 6.18 Å². The first-order valence-corrected chi connectivity index (χ1v) is 12.5. The number of nitrogens with zero attached hydrogens (tertiary/aromatic N) is 4. The number of anilines is 1. The molecular formula is C26H18BrF3N4O2S. The van der Waals surface area contributed by atoms with Gasteiger partial charge in [0.1, 0.15) is 12.1 Å². The second-order valence-electron chi connectivity index (χ2n) is 7.93. The van der Waals surface area contributed by atoms with E-state index in [2.05, 4.69) is 30.3 Å². The largest absolute Gasteiger partial charge is 0.497 e. The average Bonchev–Trinajstić information content (AvgIpc) is 3.43. The lowest BCUT2D eigenvalue weighted by molar-refractivity contribution is -0.137. The van der Waals surface area contributed by atoms with E-state index < -0.39 is 11.7 Å². The van der Waals surface area contributed by atoms with Gasteiger partial charge in [-0.25, -0.2) is 4.98 Å². The van der Waals surface area contributed by atoms with Gasteiger partial charge in [0.05, 0.1) is 24.9 Å². The lowest BCUT2D eigenvalue weighted by atomic mass is 10.0. The van der Waals surface area contributed by atoms with Gasteiger partial charge in [-0.3, -0.25) is 4.98 Å². The number of pyridine rings is 1. The summed E-state index contributed by atoms with van der Waals surface area (Å²) in [6, 6.07) is 18.5. The number of hydrogen-bond donors (Lipinski definition) is 0. The summed E-state index contributed by atoms with van der Waals surface area (Å²) in [6.45, 7) is 0.414. The van der Waals surface area contributed by atoms with Crippen molar-refractivity contribution in [3.05, 3.63) is 94.9 Å². The minimum atomic E-state index is -4.43. The molecule has 5 aromatic rings. The molecule has 3 aromatic carbocycles. The van der Waals surface area contributed by atoms with Crippen LogP contribution >= 0.6 is 27.5 Å². The van der Waals surface area contributed by atoms with E-state index in [1.165, 1.54) is 23.9 Å². The lowest BCUT2D eigenvalue weighted by Crippen LogP contribution is -2.26. The van der Waals surface area contributed by atoms with Crippen LogP contribution in [0.25, 0.3) is 22.0 Å². The second-order valence-corrected chi connectivity index (χ2v) is 9.55. The van der Waals surface area contributed by atoms with Gasteiger partial charge in [-0.1, -0.05) is 34.1 Å². The molecule has 2 heterocycles. The van der Waals surface area contributed by atoms with E-state index in [0.717, 1.165) is 34.2 Å². The lowest BCUT2D eigenvalue weighted by Gasteiger charge is -2.22. The summed E-state index contributed by atoms with van der Waals surface area (Å²) in [5, 5.41) is 3.82. The number of methoxy groups -OCH3 is 1. The number of halogens is 4. The van der Waals surface area contributed by atoms with E-state index in [4.69, 9.17) is 9.57 Å². The highest BCUT2D eigenvalue weighted by Gasteiger charge is 2.31. The minimum absolute atomic E-state index is 0.310. The number of alkyl halides is 3. The minimum Gasteiger partial charge on any atom is -0.497 e. The summed E-state index contributed by atoms with van der Waals surface area (Å²) in [5.41, 5.74) is 1.37. The highest BCUT2D eigenvalue weighted by molar-refractivity contribution is 9.10. The fourth-order valence-corrected chi connectivity index (χ4v) is 4.79. The molecule has 0 fully saturated rings. The van der Waals surface area contributed by atoms with Gasteiger partial charge in [0, 0.05) is 33.2 Å². The maximum Gasteiger partial charge on any atom is 0.416 e. The Bertz CT molecular complexity index is 1530. The summed E-state index contributed by atoms with van der Waals surface area (Å²) in [5.74, 6) is 1.31. The fourth-order valence-electron chi connectivity index (χ4n) is 3.75. The van der Waals surface area contributed by atoms with Crippen molar-refractivity contribution in [2.45, 2.75) is 12.7 Å². The second kappa shape index (κ2) is 10.3. The van der Waals surface area contributed by atoms with Crippen LogP contribution < -0.4 is 14.6 Å². The molecule has 188 valence electrons. The molecule has 0 saturated heterocycles. The van der Waals surface area contributed by atoms with Gasteiger partial charge in [-0.2, -0.15) is 22.6 Å². The molecule has 0 radical (unpaired) electrons. The third kappa shape index (κ3) is 5.52. The number of aromatic nitrogens is 3. The van der Waals surface area contributed by atoms with E-state index in [0.29, 0.717) is 33.2 Å². The molecule has 0 saturated carbocycles. The molecule has 0 spiro atoms. The quantitative estimate of drug-likeness (QED) is 0.183. The maximum absolute atomic E-state index is 13.1. The van der Waals surface area contributed by atoms with Gasteiger partial charge < -0.3 is 9.57 Å². The number of ether oxygens (including phenoxy) is 1. The molecule has 0 N–H and O–H groups in total. The molecule has 2 aromatic heterocycles. The van der Waals surface area contributed by atoms with Crippen molar-refractivity contribution in [2.24, 2.45) is 0 Å². The van der Waals surface area contributed by atoms with E-state index in [9.17, 15) is 13.2 Å². The summed E-state index contributed by atoms with van der Waals surface area (Å²) in [4.78, 5) is 14.9. The monoisotopic (exact) mass is 586 g/mol. The average molecular weight is 587 g/mol. The zero-order valence-corrected chi connectivity index (χ0v) is 21.6. The summed E-state index contributed by atoms with van der Waals surface area (Å²) >= 11 is 4.49. The Morgan fingerprint density at radius 2 is 1.73 bits per heavy atom. The molecular weight excluding hydrogens is 569 g/mol. The van der Waals surface area contributed by atoms with E-state index in [1.54, 1.807) is 24.4 Å². The molecule has 11 heteroatoms. The Morgan fingerprint density at radius 3 is 2.41 bits per heavy atom.